The maximum atomic E-state index is 4.20. The Kier molecular flexibility index (Phi) is 4.86. The quantitative estimate of drug-likeness (QED) is 0.869. The van der Waals surface area contributed by atoms with E-state index < -0.39 is 0 Å². The third kappa shape index (κ3) is 3.46. The molecular formula is C14H22N2S. The molecular weight excluding hydrogens is 228 g/mol. The Bertz CT molecular complexity index is 354. The molecule has 1 fully saturated rings. The zero-order chi connectivity index (χ0) is 12.1. The van der Waals surface area contributed by atoms with E-state index in [9.17, 15) is 0 Å². The Morgan fingerprint density at radius 1 is 1.47 bits per heavy atom. The van der Waals surface area contributed by atoms with Crippen LogP contribution in [0.5, 0.6) is 0 Å². The summed E-state index contributed by atoms with van der Waals surface area (Å²) in [4.78, 5) is 4.20. The summed E-state index contributed by atoms with van der Waals surface area (Å²) in [5.74, 6) is 1.23. The van der Waals surface area contributed by atoms with Crippen LogP contribution in [0.4, 0.5) is 0 Å². The standard InChI is InChI=1S/C14H22N2S/c1-3-17-14-6-4-5-13(14)16-10-12-9-15-8-7-11(12)2/h7-9,13-14,16H,3-6,10H2,1-2H3. The molecule has 17 heavy (non-hydrogen) atoms. The van der Waals surface area contributed by atoms with E-state index in [0.717, 1.165) is 11.8 Å². The van der Waals surface area contributed by atoms with Crippen molar-refractivity contribution in [3.63, 3.8) is 0 Å². The molecule has 0 radical (unpaired) electrons. The van der Waals surface area contributed by atoms with Gasteiger partial charge in [-0.2, -0.15) is 11.8 Å². The minimum Gasteiger partial charge on any atom is -0.309 e. The number of nitrogens with one attached hydrogen (secondary N) is 1. The molecule has 2 unspecified atom stereocenters. The van der Waals surface area contributed by atoms with Gasteiger partial charge in [-0.25, -0.2) is 0 Å². The van der Waals surface area contributed by atoms with Gasteiger partial charge in [0.2, 0.25) is 0 Å². The van der Waals surface area contributed by atoms with Crippen molar-refractivity contribution >= 4 is 11.8 Å². The number of thioether (sulfide) groups is 1. The van der Waals surface area contributed by atoms with Crippen molar-refractivity contribution in [2.75, 3.05) is 5.75 Å². The van der Waals surface area contributed by atoms with Crippen molar-refractivity contribution in [3.05, 3.63) is 29.6 Å². The lowest BCUT2D eigenvalue weighted by Crippen LogP contribution is -2.33. The van der Waals surface area contributed by atoms with Crippen LogP contribution in [-0.2, 0) is 6.54 Å². The second kappa shape index (κ2) is 6.41. The Morgan fingerprint density at radius 2 is 2.35 bits per heavy atom. The molecule has 1 aromatic heterocycles. The second-order valence-corrected chi connectivity index (χ2v) is 6.23. The van der Waals surface area contributed by atoms with Crippen molar-refractivity contribution in [1.29, 1.82) is 0 Å². The Balaban J connectivity index is 1.87. The molecule has 94 valence electrons. The van der Waals surface area contributed by atoms with Gasteiger partial charge >= 0.3 is 0 Å². The van der Waals surface area contributed by atoms with Crippen LogP contribution in [0.2, 0.25) is 0 Å². The van der Waals surface area contributed by atoms with Crippen LogP contribution in [0.15, 0.2) is 18.5 Å². The highest BCUT2D eigenvalue weighted by molar-refractivity contribution is 7.99. The van der Waals surface area contributed by atoms with Crippen LogP contribution in [0.1, 0.15) is 37.3 Å². The van der Waals surface area contributed by atoms with Gasteiger partial charge in [-0.15, -0.1) is 0 Å². The third-order valence-corrected chi connectivity index (χ3v) is 4.86. The van der Waals surface area contributed by atoms with E-state index in [4.69, 9.17) is 0 Å². The summed E-state index contributed by atoms with van der Waals surface area (Å²) < 4.78 is 0. The van der Waals surface area contributed by atoms with Gasteiger partial charge in [0.15, 0.2) is 0 Å². The highest BCUT2D eigenvalue weighted by atomic mass is 32.2. The van der Waals surface area contributed by atoms with Gasteiger partial charge in [-0.05, 0) is 42.7 Å². The van der Waals surface area contributed by atoms with E-state index in [-0.39, 0.29) is 0 Å². The molecule has 2 rings (SSSR count). The number of aromatic nitrogens is 1. The monoisotopic (exact) mass is 250 g/mol. The summed E-state index contributed by atoms with van der Waals surface area (Å²) >= 11 is 2.11. The van der Waals surface area contributed by atoms with Gasteiger partial charge < -0.3 is 5.32 Å². The maximum Gasteiger partial charge on any atom is 0.0315 e. The smallest absolute Gasteiger partial charge is 0.0315 e. The number of hydrogen-bond donors (Lipinski definition) is 1. The molecule has 0 spiro atoms. The highest BCUT2D eigenvalue weighted by Gasteiger charge is 2.26. The van der Waals surface area contributed by atoms with Crippen LogP contribution < -0.4 is 5.32 Å². The zero-order valence-electron chi connectivity index (χ0n) is 10.8. The summed E-state index contributed by atoms with van der Waals surface area (Å²) in [7, 11) is 0. The van der Waals surface area contributed by atoms with E-state index in [2.05, 4.69) is 42.0 Å². The molecule has 0 aliphatic heterocycles. The first-order valence-corrected chi connectivity index (χ1v) is 7.60. The summed E-state index contributed by atoms with van der Waals surface area (Å²) in [5.41, 5.74) is 2.67. The topological polar surface area (TPSA) is 24.9 Å². The maximum absolute atomic E-state index is 4.20. The molecule has 0 aromatic carbocycles. The number of rotatable bonds is 5. The molecule has 2 nitrogen and oxygen atoms in total. The number of aryl methyl sites for hydroxylation is 1. The van der Waals surface area contributed by atoms with Crippen molar-refractivity contribution in [2.45, 2.75) is 50.9 Å². The molecule has 3 heteroatoms. The fourth-order valence-electron chi connectivity index (χ4n) is 2.50. The van der Waals surface area contributed by atoms with Crippen LogP contribution in [0, 0.1) is 6.92 Å². The Hall–Kier alpha value is -0.540. The minimum absolute atomic E-state index is 0.694. The molecule has 1 aliphatic rings. The second-order valence-electron chi connectivity index (χ2n) is 4.71. The minimum atomic E-state index is 0.694. The largest absolute Gasteiger partial charge is 0.309 e. The predicted octanol–water partition coefficient (Wildman–Crippen LogP) is 3.15. The van der Waals surface area contributed by atoms with Crippen LogP contribution in [-0.4, -0.2) is 22.0 Å². The first-order valence-electron chi connectivity index (χ1n) is 6.55. The Labute approximate surface area is 109 Å². The van der Waals surface area contributed by atoms with E-state index in [0.29, 0.717) is 6.04 Å². The van der Waals surface area contributed by atoms with Crippen molar-refractivity contribution < 1.29 is 0 Å². The Morgan fingerprint density at radius 3 is 3.12 bits per heavy atom. The van der Waals surface area contributed by atoms with E-state index in [1.54, 1.807) is 0 Å². The van der Waals surface area contributed by atoms with Crippen LogP contribution in [0.3, 0.4) is 0 Å². The van der Waals surface area contributed by atoms with Gasteiger partial charge in [-0.1, -0.05) is 13.3 Å². The van der Waals surface area contributed by atoms with Gasteiger partial charge in [0, 0.05) is 30.2 Å². The number of hydrogen-bond acceptors (Lipinski definition) is 3. The van der Waals surface area contributed by atoms with Crippen LogP contribution in [0.25, 0.3) is 0 Å². The fourth-order valence-corrected chi connectivity index (χ4v) is 3.72. The average Bonchev–Trinajstić information content (AvgIpc) is 2.76. The molecule has 1 heterocycles. The lowest BCUT2D eigenvalue weighted by atomic mass is 10.1. The van der Waals surface area contributed by atoms with Crippen LogP contribution >= 0.6 is 11.8 Å². The van der Waals surface area contributed by atoms with E-state index >= 15 is 0 Å². The molecule has 1 aliphatic carbocycles. The molecule has 0 amide bonds. The number of nitrogens with zero attached hydrogens (tertiary/aromatic N) is 1. The summed E-state index contributed by atoms with van der Waals surface area (Å²) in [5, 5.41) is 4.53. The van der Waals surface area contributed by atoms with Crippen molar-refractivity contribution in [1.82, 2.24) is 10.3 Å². The molecule has 1 N–H and O–H groups in total. The third-order valence-electron chi connectivity index (χ3n) is 3.54. The molecule has 0 saturated heterocycles. The molecule has 1 saturated carbocycles. The SMILES string of the molecule is CCSC1CCCC1NCc1cnccc1C. The van der Waals surface area contributed by atoms with Gasteiger partial charge in [-0.3, -0.25) is 4.98 Å². The van der Waals surface area contributed by atoms with E-state index in [1.165, 1.54) is 36.1 Å². The summed E-state index contributed by atoms with van der Waals surface area (Å²) in [6.45, 7) is 5.38. The first-order chi connectivity index (χ1) is 8.31. The van der Waals surface area contributed by atoms with Gasteiger partial charge in [0.1, 0.15) is 0 Å². The fraction of sp³-hybridized carbons (Fsp3) is 0.643. The summed E-state index contributed by atoms with van der Waals surface area (Å²) in [6, 6.07) is 2.78. The van der Waals surface area contributed by atoms with E-state index in [1.807, 2.05) is 12.4 Å². The lowest BCUT2D eigenvalue weighted by molar-refractivity contribution is 0.530. The molecule has 0 bridgehead atoms. The highest BCUT2D eigenvalue weighted by Crippen LogP contribution is 2.30. The first kappa shape index (κ1) is 12.9. The molecule has 1 aromatic rings. The van der Waals surface area contributed by atoms with Gasteiger partial charge in [0.05, 0.1) is 0 Å². The predicted molar refractivity (Wildman–Crippen MR) is 75.4 cm³/mol. The normalized spacial score (nSPS) is 24.1. The lowest BCUT2D eigenvalue weighted by Gasteiger charge is -2.20. The zero-order valence-corrected chi connectivity index (χ0v) is 11.6. The molecule has 2 atom stereocenters. The van der Waals surface area contributed by atoms with Gasteiger partial charge in [0.25, 0.3) is 0 Å². The number of pyridine rings is 1. The average molecular weight is 250 g/mol. The van der Waals surface area contributed by atoms with Crippen molar-refractivity contribution in [2.24, 2.45) is 0 Å². The summed E-state index contributed by atoms with van der Waals surface area (Å²) in [6.07, 6.45) is 7.93. The van der Waals surface area contributed by atoms with Crippen molar-refractivity contribution in [3.8, 4) is 0 Å².